The maximum atomic E-state index is 12.9. The van der Waals surface area contributed by atoms with Gasteiger partial charge >= 0.3 is 17.9 Å². The molecule has 0 aliphatic carbocycles. The molecule has 0 spiro atoms. The number of hydrogen-bond donors (Lipinski definition) is 0. The predicted octanol–water partition coefficient (Wildman–Crippen LogP) is 22.7. The Balaban J connectivity index is 4.20. The van der Waals surface area contributed by atoms with E-state index in [9.17, 15) is 14.4 Å². The van der Waals surface area contributed by atoms with E-state index in [2.05, 4.69) is 81.5 Å². The fraction of sp³-hybridized carbons (Fsp3) is 0.814. The van der Waals surface area contributed by atoms with E-state index >= 15 is 0 Å². The van der Waals surface area contributed by atoms with Crippen molar-refractivity contribution in [3.63, 3.8) is 0 Å². The van der Waals surface area contributed by atoms with Crippen LogP contribution in [0.3, 0.4) is 0 Å². The summed E-state index contributed by atoms with van der Waals surface area (Å²) in [5, 5.41) is 0. The van der Waals surface area contributed by atoms with Gasteiger partial charge in [0.05, 0.1) is 0 Å². The van der Waals surface area contributed by atoms with E-state index in [-0.39, 0.29) is 31.1 Å². The first-order valence-corrected chi connectivity index (χ1v) is 33.3. The lowest BCUT2D eigenvalue weighted by atomic mass is 10.0. The zero-order valence-corrected chi connectivity index (χ0v) is 50.8. The molecule has 76 heavy (non-hydrogen) atoms. The molecule has 0 aromatic carbocycles. The smallest absolute Gasteiger partial charge is 0.306 e. The van der Waals surface area contributed by atoms with Gasteiger partial charge < -0.3 is 14.2 Å². The maximum absolute atomic E-state index is 12.9. The molecular weight excluding hydrogens is 937 g/mol. The number of ether oxygens (including phenoxy) is 3. The van der Waals surface area contributed by atoms with E-state index < -0.39 is 6.10 Å². The molecule has 0 aromatic heterocycles. The van der Waals surface area contributed by atoms with Gasteiger partial charge in [-0.15, -0.1) is 0 Å². The van der Waals surface area contributed by atoms with E-state index in [4.69, 9.17) is 14.2 Å². The first-order chi connectivity index (χ1) is 37.5. The zero-order valence-electron chi connectivity index (χ0n) is 50.8. The lowest BCUT2D eigenvalue weighted by Gasteiger charge is -2.18. The second-order valence-electron chi connectivity index (χ2n) is 22.4. The van der Waals surface area contributed by atoms with E-state index in [1.54, 1.807) is 0 Å². The number of carbonyl (C=O) groups is 3. The van der Waals surface area contributed by atoms with Crippen molar-refractivity contribution in [3.8, 4) is 0 Å². The summed E-state index contributed by atoms with van der Waals surface area (Å²) in [6, 6.07) is 0. The van der Waals surface area contributed by atoms with Crippen LogP contribution in [0, 0.1) is 0 Å². The molecule has 6 heteroatoms. The molecule has 0 rings (SSSR count). The fourth-order valence-electron chi connectivity index (χ4n) is 9.68. The average molecular weight is 1060 g/mol. The van der Waals surface area contributed by atoms with Crippen molar-refractivity contribution >= 4 is 17.9 Å². The van der Waals surface area contributed by atoms with Crippen LogP contribution in [-0.2, 0) is 28.6 Å². The van der Waals surface area contributed by atoms with Gasteiger partial charge in [-0.3, -0.25) is 14.4 Å². The number of carbonyl (C=O) groups excluding carboxylic acids is 3. The van der Waals surface area contributed by atoms with Crippen LogP contribution in [0.1, 0.15) is 348 Å². The van der Waals surface area contributed by atoms with Gasteiger partial charge in [-0.05, 0) is 103 Å². The fourth-order valence-corrected chi connectivity index (χ4v) is 9.68. The third-order valence-electron chi connectivity index (χ3n) is 14.7. The minimum absolute atomic E-state index is 0.0801. The lowest BCUT2D eigenvalue weighted by molar-refractivity contribution is -0.167. The molecule has 0 saturated heterocycles. The van der Waals surface area contributed by atoms with Crippen molar-refractivity contribution in [1.29, 1.82) is 0 Å². The normalized spacial score (nSPS) is 12.4. The highest BCUT2D eigenvalue weighted by molar-refractivity contribution is 5.71. The standard InChI is InChI=1S/C70H126O6/c1-4-7-10-13-16-19-22-24-26-28-30-32-33-34-35-36-37-39-40-42-44-46-48-51-54-57-60-63-69(72)75-66-67(65-74-68(71)62-59-56-53-50-21-18-15-12-9-6-3)76-70(73)64-61-58-55-52-49-47-45-43-41-38-31-29-27-25-23-20-17-14-11-8-5-2/h12,15,23,25,28-31,41,43,67H,4-11,13-14,16-22,24,26-27,32-40,42,44-66H2,1-3H3/b15-12-,25-23-,30-28-,31-29-,43-41-. The summed E-state index contributed by atoms with van der Waals surface area (Å²) >= 11 is 0. The molecule has 0 aliphatic heterocycles. The van der Waals surface area contributed by atoms with Crippen LogP contribution >= 0.6 is 0 Å². The molecular formula is C70H126O6. The van der Waals surface area contributed by atoms with Gasteiger partial charge in [-0.2, -0.15) is 0 Å². The Labute approximate surface area is 472 Å². The Morgan fingerprint density at radius 1 is 0.263 bits per heavy atom. The number of hydrogen-bond acceptors (Lipinski definition) is 6. The van der Waals surface area contributed by atoms with Crippen molar-refractivity contribution in [1.82, 2.24) is 0 Å². The molecule has 0 bridgehead atoms. The summed E-state index contributed by atoms with van der Waals surface area (Å²) in [6.45, 7) is 6.59. The van der Waals surface area contributed by atoms with Gasteiger partial charge in [0, 0.05) is 19.3 Å². The summed E-state index contributed by atoms with van der Waals surface area (Å²) in [6.07, 6.45) is 82.5. The monoisotopic (exact) mass is 1060 g/mol. The SMILES string of the molecule is CCC/C=C\CCCCCCCC(=O)OCC(COC(=O)CCCCCCCCCCCCCCCCC/C=C\CCCCCCCCCC)OC(=O)CCCCCCCC/C=C\C/C=C\C/C=C\CCCCCCC. The van der Waals surface area contributed by atoms with Gasteiger partial charge in [-0.25, -0.2) is 0 Å². The van der Waals surface area contributed by atoms with E-state index in [1.807, 2.05) is 0 Å². The van der Waals surface area contributed by atoms with Crippen molar-refractivity contribution in [2.24, 2.45) is 0 Å². The second kappa shape index (κ2) is 64.6. The number of rotatable bonds is 61. The largest absolute Gasteiger partial charge is 0.462 e. The van der Waals surface area contributed by atoms with Crippen LogP contribution in [0.4, 0.5) is 0 Å². The van der Waals surface area contributed by atoms with Crippen LogP contribution in [0.2, 0.25) is 0 Å². The van der Waals surface area contributed by atoms with Crippen LogP contribution in [0.15, 0.2) is 60.8 Å². The maximum Gasteiger partial charge on any atom is 0.306 e. The summed E-state index contributed by atoms with van der Waals surface area (Å²) < 4.78 is 16.9. The first kappa shape index (κ1) is 73.1. The predicted molar refractivity (Wildman–Crippen MR) is 330 cm³/mol. The summed E-state index contributed by atoms with van der Waals surface area (Å²) in [5.41, 5.74) is 0. The topological polar surface area (TPSA) is 78.9 Å². The van der Waals surface area contributed by atoms with Crippen molar-refractivity contribution in [3.05, 3.63) is 60.8 Å². The minimum Gasteiger partial charge on any atom is -0.462 e. The molecule has 1 unspecified atom stereocenters. The second-order valence-corrected chi connectivity index (χ2v) is 22.4. The van der Waals surface area contributed by atoms with E-state index in [1.165, 1.54) is 212 Å². The van der Waals surface area contributed by atoms with E-state index in [0.717, 1.165) is 96.3 Å². The molecule has 0 aromatic rings. The van der Waals surface area contributed by atoms with Gasteiger partial charge in [0.25, 0.3) is 0 Å². The van der Waals surface area contributed by atoms with Crippen LogP contribution in [0.5, 0.6) is 0 Å². The van der Waals surface area contributed by atoms with Gasteiger partial charge in [-0.1, -0.05) is 287 Å². The Morgan fingerprint density at radius 3 is 0.803 bits per heavy atom. The highest BCUT2D eigenvalue weighted by atomic mass is 16.6. The molecule has 0 radical (unpaired) electrons. The number of allylic oxidation sites excluding steroid dienone is 10. The van der Waals surface area contributed by atoms with Crippen molar-refractivity contribution in [2.75, 3.05) is 13.2 Å². The van der Waals surface area contributed by atoms with Crippen LogP contribution < -0.4 is 0 Å². The summed E-state index contributed by atoms with van der Waals surface area (Å²) in [4.78, 5) is 38.2. The van der Waals surface area contributed by atoms with Crippen LogP contribution in [0.25, 0.3) is 0 Å². The number of unbranched alkanes of at least 4 members (excludes halogenated alkanes) is 40. The Kier molecular flexibility index (Phi) is 62.2. The first-order valence-electron chi connectivity index (χ1n) is 33.3. The molecule has 0 aliphatic rings. The molecule has 0 fully saturated rings. The number of esters is 3. The third kappa shape index (κ3) is 62.0. The van der Waals surface area contributed by atoms with Crippen molar-refractivity contribution in [2.45, 2.75) is 354 Å². The average Bonchev–Trinajstić information content (AvgIpc) is 3.42. The van der Waals surface area contributed by atoms with Crippen LogP contribution in [-0.4, -0.2) is 37.2 Å². The highest BCUT2D eigenvalue weighted by Crippen LogP contribution is 2.17. The highest BCUT2D eigenvalue weighted by Gasteiger charge is 2.19. The Hall–Kier alpha value is -2.89. The Bertz CT molecular complexity index is 1360. The third-order valence-corrected chi connectivity index (χ3v) is 14.7. The van der Waals surface area contributed by atoms with Gasteiger partial charge in [0.15, 0.2) is 6.10 Å². The minimum atomic E-state index is -0.784. The lowest BCUT2D eigenvalue weighted by Crippen LogP contribution is -2.30. The molecule has 0 saturated carbocycles. The molecule has 6 nitrogen and oxygen atoms in total. The molecule has 0 N–H and O–H groups in total. The summed E-state index contributed by atoms with van der Waals surface area (Å²) in [7, 11) is 0. The van der Waals surface area contributed by atoms with Crippen molar-refractivity contribution < 1.29 is 28.6 Å². The molecule has 0 heterocycles. The molecule has 0 amide bonds. The molecule has 1 atom stereocenters. The molecule has 442 valence electrons. The van der Waals surface area contributed by atoms with E-state index in [0.29, 0.717) is 19.3 Å². The van der Waals surface area contributed by atoms with Gasteiger partial charge in [0.2, 0.25) is 0 Å². The van der Waals surface area contributed by atoms with Gasteiger partial charge in [0.1, 0.15) is 13.2 Å². The summed E-state index contributed by atoms with van der Waals surface area (Å²) in [5.74, 6) is -0.888. The zero-order chi connectivity index (χ0) is 55.0. The Morgan fingerprint density at radius 2 is 0.500 bits per heavy atom. The quantitative estimate of drug-likeness (QED) is 0.0261.